The van der Waals surface area contributed by atoms with Gasteiger partial charge in [-0.05, 0) is 32.4 Å². The summed E-state index contributed by atoms with van der Waals surface area (Å²) in [6, 6.07) is 9.28. The van der Waals surface area contributed by atoms with E-state index in [4.69, 9.17) is 14.0 Å². The van der Waals surface area contributed by atoms with Crippen molar-refractivity contribution < 1.29 is 32.0 Å². The van der Waals surface area contributed by atoms with E-state index in [9.17, 15) is 18.0 Å². The molecule has 0 unspecified atom stereocenters. The summed E-state index contributed by atoms with van der Waals surface area (Å²) >= 11 is 0. The van der Waals surface area contributed by atoms with Crippen LogP contribution in [0, 0.1) is 0 Å². The molecule has 1 N–H and O–H groups in total. The highest BCUT2D eigenvalue weighted by Crippen LogP contribution is 2.30. The van der Waals surface area contributed by atoms with Gasteiger partial charge in [-0.2, -0.15) is 23.3 Å². The third kappa shape index (κ3) is 6.66. The van der Waals surface area contributed by atoms with Crippen LogP contribution in [0.25, 0.3) is 22.8 Å². The Kier molecular flexibility index (Phi) is 7.37. The van der Waals surface area contributed by atoms with Gasteiger partial charge in [-0.1, -0.05) is 29.4 Å². The minimum absolute atomic E-state index is 0.0256. The molecule has 0 atom stereocenters. The second-order valence-corrected chi connectivity index (χ2v) is 9.28. The largest absolute Gasteiger partial charge is 0.471 e. The van der Waals surface area contributed by atoms with Crippen LogP contribution < -0.4 is 10.1 Å². The highest BCUT2D eigenvalue weighted by atomic mass is 19.4. The van der Waals surface area contributed by atoms with E-state index in [1.807, 2.05) is 12.1 Å². The molecule has 0 spiro atoms. The maximum atomic E-state index is 12.7. The van der Waals surface area contributed by atoms with Crippen molar-refractivity contribution in [3.8, 4) is 28.7 Å². The van der Waals surface area contributed by atoms with Crippen molar-refractivity contribution in [2.24, 2.45) is 7.05 Å². The number of halogens is 3. The Morgan fingerprint density at radius 1 is 1.08 bits per heavy atom. The molecule has 0 aliphatic heterocycles. The molecule has 0 aliphatic carbocycles. The highest BCUT2D eigenvalue weighted by Gasteiger charge is 2.30. The number of hydrogen-bond acceptors (Lipinski definition) is 8. The van der Waals surface area contributed by atoms with E-state index in [1.165, 1.54) is 10.9 Å². The van der Waals surface area contributed by atoms with E-state index in [2.05, 4.69) is 25.5 Å². The number of aryl methyl sites for hydroxylation is 1. The predicted molar refractivity (Wildman–Crippen MR) is 129 cm³/mol. The summed E-state index contributed by atoms with van der Waals surface area (Å²) in [7, 11) is 1.68. The molecule has 0 aliphatic rings. The van der Waals surface area contributed by atoms with Crippen LogP contribution in [0.15, 0.2) is 53.3 Å². The summed E-state index contributed by atoms with van der Waals surface area (Å²) in [5.74, 6) is 0.562. The van der Waals surface area contributed by atoms with E-state index >= 15 is 0 Å². The van der Waals surface area contributed by atoms with Gasteiger partial charge in [0.05, 0.1) is 23.0 Å². The molecule has 10 nitrogen and oxygen atoms in total. The second kappa shape index (κ2) is 10.5. The fourth-order valence-corrected chi connectivity index (χ4v) is 3.30. The van der Waals surface area contributed by atoms with Gasteiger partial charge in [0.1, 0.15) is 12.2 Å². The average Bonchev–Trinajstić information content (AvgIpc) is 3.47. The summed E-state index contributed by atoms with van der Waals surface area (Å²) in [4.78, 5) is 20.0. The van der Waals surface area contributed by atoms with E-state index in [0.717, 1.165) is 17.7 Å². The Labute approximate surface area is 215 Å². The molecule has 0 bridgehead atoms. The van der Waals surface area contributed by atoms with Gasteiger partial charge >= 0.3 is 12.3 Å². The third-order valence-electron chi connectivity index (χ3n) is 5.19. The van der Waals surface area contributed by atoms with Crippen molar-refractivity contribution in [2.75, 3.05) is 0 Å². The van der Waals surface area contributed by atoms with Crippen molar-refractivity contribution in [3.05, 3.63) is 65.6 Å². The standard InChI is InChI=1S/C25H25F3N6O4/c1-24(2,3)37-23(35)30-11-15-5-7-16(8-6-15)21-32-22(38-33-21)18-13-31-34(4)19(18)14-36-20-10-9-17(12-29-20)25(26,27)28/h5-10,12-13H,11,14H2,1-4H3,(H,30,35). The van der Waals surface area contributed by atoms with Crippen molar-refractivity contribution >= 4 is 6.09 Å². The number of nitrogens with zero attached hydrogens (tertiary/aromatic N) is 5. The van der Waals surface area contributed by atoms with Crippen LogP contribution in [0.5, 0.6) is 5.88 Å². The fraction of sp³-hybridized carbons (Fsp3) is 0.320. The first kappa shape index (κ1) is 26.6. The van der Waals surface area contributed by atoms with Gasteiger partial charge in [0.15, 0.2) is 0 Å². The van der Waals surface area contributed by atoms with E-state index in [1.54, 1.807) is 40.0 Å². The zero-order valence-electron chi connectivity index (χ0n) is 21.0. The summed E-state index contributed by atoms with van der Waals surface area (Å²) in [6.45, 7) is 5.62. The van der Waals surface area contributed by atoms with Crippen LogP contribution in [0.1, 0.15) is 37.6 Å². The van der Waals surface area contributed by atoms with Gasteiger partial charge in [-0.25, -0.2) is 9.78 Å². The van der Waals surface area contributed by atoms with E-state index in [0.29, 0.717) is 35.4 Å². The molecule has 0 fully saturated rings. The van der Waals surface area contributed by atoms with Crippen molar-refractivity contribution in [1.29, 1.82) is 0 Å². The summed E-state index contributed by atoms with van der Waals surface area (Å²) < 4.78 is 56.0. The van der Waals surface area contributed by atoms with Gasteiger partial charge in [-0.15, -0.1) is 0 Å². The number of aromatic nitrogens is 5. The van der Waals surface area contributed by atoms with Crippen LogP contribution in [0.3, 0.4) is 0 Å². The lowest BCUT2D eigenvalue weighted by Gasteiger charge is -2.19. The Bertz CT molecular complexity index is 1390. The average molecular weight is 531 g/mol. The lowest BCUT2D eigenvalue weighted by atomic mass is 10.1. The zero-order valence-corrected chi connectivity index (χ0v) is 21.0. The molecular formula is C25H25F3N6O4. The van der Waals surface area contributed by atoms with Gasteiger partial charge in [0.2, 0.25) is 11.7 Å². The molecule has 3 heterocycles. The number of ether oxygens (including phenoxy) is 2. The quantitative estimate of drug-likeness (QED) is 0.349. The maximum Gasteiger partial charge on any atom is 0.417 e. The van der Waals surface area contributed by atoms with Gasteiger partial charge in [-0.3, -0.25) is 4.68 Å². The number of rotatable bonds is 7. The Morgan fingerprint density at radius 2 is 1.82 bits per heavy atom. The number of alkyl halides is 3. The number of amides is 1. The minimum atomic E-state index is -4.48. The number of carbonyl (C=O) groups excluding carboxylic acids is 1. The Hall–Kier alpha value is -4.42. The first-order valence-corrected chi connectivity index (χ1v) is 11.5. The zero-order chi connectivity index (χ0) is 27.5. The lowest BCUT2D eigenvalue weighted by Crippen LogP contribution is -2.32. The van der Waals surface area contributed by atoms with E-state index < -0.39 is 23.4 Å². The molecule has 0 radical (unpaired) electrons. The van der Waals surface area contributed by atoms with Gasteiger partial charge < -0.3 is 19.3 Å². The minimum Gasteiger partial charge on any atom is -0.471 e. The molecule has 3 aromatic heterocycles. The predicted octanol–water partition coefficient (Wildman–Crippen LogP) is 5.15. The molecular weight excluding hydrogens is 505 g/mol. The monoisotopic (exact) mass is 530 g/mol. The smallest absolute Gasteiger partial charge is 0.417 e. The number of carbonyl (C=O) groups is 1. The van der Waals surface area contributed by atoms with Crippen LogP contribution in [-0.2, 0) is 31.1 Å². The van der Waals surface area contributed by atoms with Gasteiger partial charge in [0, 0.05) is 31.4 Å². The summed E-state index contributed by atoms with van der Waals surface area (Å²) in [5, 5.41) is 10.9. The van der Waals surface area contributed by atoms with Crippen LogP contribution in [-0.4, -0.2) is 36.6 Å². The molecule has 4 aromatic rings. The SMILES string of the molecule is Cn1ncc(-c2nc(-c3ccc(CNC(=O)OC(C)(C)C)cc3)no2)c1COc1ccc(C(F)(F)F)cn1. The molecule has 38 heavy (non-hydrogen) atoms. The maximum absolute atomic E-state index is 12.7. The molecule has 13 heteroatoms. The molecule has 1 aromatic carbocycles. The van der Waals surface area contributed by atoms with Crippen molar-refractivity contribution in [1.82, 2.24) is 30.2 Å². The number of pyridine rings is 1. The first-order valence-electron chi connectivity index (χ1n) is 11.5. The fourth-order valence-electron chi connectivity index (χ4n) is 3.30. The van der Waals surface area contributed by atoms with Crippen LogP contribution in [0.4, 0.5) is 18.0 Å². The van der Waals surface area contributed by atoms with E-state index in [-0.39, 0.29) is 18.4 Å². The first-order chi connectivity index (χ1) is 17.9. The van der Waals surface area contributed by atoms with Crippen LogP contribution >= 0.6 is 0 Å². The molecule has 0 saturated heterocycles. The topological polar surface area (TPSA) is 117 Å². The highest BCUT2D eigenvalue weighted by molar-refractivity contribution is 5.67. The molecule has 0 saturated carbocycles. The van der Waals surface area contributed by atoms with Crippen molar-refractivity contribution in [3.63, 3.8) is 0 Å². The normalized spacial score (nSPS) is 11.9. The Balaban J connectivity index is 1.41. The number of benzene rings is 1. The lowest BCUT2D eigenvalue weighted by molar-refractivity contribution is -0.137. The summed E-state index contributed by atoms with van der Waals surface area (Å²) in [6.07, 6.45) is -2.74. The van der Waals surface area contributed by atoms with Gasteiger partial charge in [0.25, 0.3) is 5.89 Å². The number of alkyl carbamates (subject to hydrolysis) is 1. The van der Waals surface area contributed by atoms with Crippen LogP contribution in [0.2, 0.25) is 0 Å². The number of hydrogen-bond donors (Lipinski definition) is 1. The molecule has 4 rings (SSSR count). The second-order valence-electron chi connectivity index (χ2n) is 9.28. The Morgan fingerprint density at radius 3 is 2.45 bits per heavy atom. The third-order valence-corrected chi connectivity index (χ3v) is 5.19. The van der Waals surface area contributed by atoms with Crippen molar-refractivity contribution in [2.45, 2.75) is 45.7 Å². The summed E-state index contributed by atoms with van der Waals surface area (Å²) in [5.41, 5.74) is 1.17. The molecule has 200 valence electrons. The molecule has 1 amide bonds. The number of nitrogens with one attached hydrogen (secondary N) is 1.